The number of hydrogen-bond donors (Lipinski definition) is 3. The van der Waals surface area contributed by atoms with Crippen molar-refractivity contribution in [3.05, 3.63) is 40.6 Å². The maximum absolute atomic E-state index is 13.7. The Morgan fingerprint density at radius 2 is 2.00 bits per heavy atom. The van der Waals surface area contributed by atoms with E-state index in [2.05, 4.69) is 28.1 Å². The van der Waals surface area contributed by atoms with E-state index in [0.717, 1.165) is 36.4 Å². The topological polar surface area (TPSA) is 82.8 Å². The zero-order chi connectivity index (χ0) is 25.6. The number of amides is 1. The summed E-state index contributed by atoms with van der Waals surface area (Å²) in [5.41, 5.74) is 5.26. The Labute approximate surface area is 208 Å². The van der Waals surface area contributed by atoms with Crippen LogP contribution in [0.2, 0.25) is 0 Å². The highest BCUT2D eigenvalue weighted by Crippen LogP contribution is 2.48. The minimum absolute atomic E-state index is 0.0490. The largest absolute Gasteiger partial charge is 0.418 e. The van der Waals surface area contributed by atoms with Crippen molar-refractivity contribution in [1.29, 1.82) is 0 Å². The van der Waals surface area contributed by atoms with Crippen molar-refractivity contribution in [2.45, 2.75) is 63.3 Å². The van der Waals surface area contributed by atoms with Crippen LogP contribution in [0.15, 0.2) is 29.3 Å². The number of fused-ring (bicyclic) bond motifs is 1. The van der Waals surface area contributed by atoms with Gasteiger partial charge in [0, 0.05) is 31.9 Å². The molecule has 2 saturated carbocycles. The molecule has 0 aromatic carbocycles. The number of halogens is 3. The first-order valence-corrected chi connectivity index (χ1v) is 12.9. The van der Waals surface area contributed by atoms with E-state index in [4.69, 9.17) is 0 Å². The van der Waals surface area contributed by atoms with Gasteiger partial charge >= 0.3 is 11.9 Å². The summed E-state index contributed by atoms with van der Waals surface area (Å²) >= 11 is 0. The van der Waals surface area contributed by atoms with Crippen LogP contribution < -0.4 is 21.9 Å². The Balaban J connectivity index is 1.52. The molecule has 5 atom stereocenters. The molecule has 2 aliphatic carbocycles. The van der Waals surface area contributed by atoms with E-state index < -0.39 is 17.4 Å². The van der Waals surface area contributed by atoms with E-state index in [9.17, 15) is 22.8 Å². The quantitative estimate of drug-likeness (QED) is 0.559. The van der Waals surface area contributed by atoms with E-state index in [0.29, 0.717) is 31.1 Å². The third-order valence-corrected chi connectivity index (χ3v) is 8.65. The predicted molar refractivity (Wildman–Crippen MR) is 129 cm³/mol. The molecule has 1 saturated heterocycles. The van der Waals surface area contributed by atoms with Crippen molar-refractivity contribution in [2.24, 2.45) is 23.7 Å². The zero-order valence-corrected chi connectivity index (χ0v) is 20.7. The van der Waals surface area contributed by atoms with Gasteiger partial charge in [-0.1, -0.05) is 19.3 Å². The van der Waals surface area contributed by atoms with Crippen molar-refractivity contribution in [1.82, 2.24) is 30.0 Å². The molecule has 3 heterocycles. The van der Waals surface area contributed by atoms with Crippen molar-refractivity contribution in [3.63, 3.8) is 0 Å². The Kier molecular flexibility index (Phi) is 6.90. The number of nitrogens with one attached hydrogen (secondary N) is 3. The van der Waals surface area contributed by atoms with Crippen LogP contribution >= 0.6 is 0 Å². The second-order valence-electron chi connectivity index (χ2n) is 10.8. The second-order valence-corrected chi connectivity index (χ2v) is 10.8. The highest BCUT2D eigenvalue weighted by Gasteiger charge is 2.45. The van der Waals surface area contributed by atoms with Crippen molar-refractivity contribution >= 4 is 11.4 Å². The van der Waals surface area contributed by atoms with Gasteiger partial charge in [0.05, 0.1) is 23.9 Å². The molecule has 0 bridgehead atoms. The lowest BCUT2D eigenvalue weighted by atomic mass is 9.63. The lowest BCUT2D eigenvalue weighted by Gasteiger charge is -2.47. The molecule has 2 aromatic rings. The normalized spacial score (nSPS) is 28.8. The minimum atomic E-state index is -4.55. The van der Waals surface area contributed by atoms with Crippen LogP contribution in [0, 0.1) is 23.7 Å². The fourth-order valence-corrected chi connectivity index (χ4v) is 6.75. The first-order valence-electron chi connectivity index (χ1n) is 12.9. The number of carbonyl (C=O) groups excluding carboxylic acids is 1. The van der Waals surface area contributed by atoms with E-state index in [1.54, 1.807) is 7.05 Å². The van der Waals surface area contributed by atoms with E-state index in [-0.39, 0.29) is 35.5 Å². The summed E-state index contributed by atoms with van der Waals surface area (Å²) in [6.45, 7) is 0.732. The van der Waals surface area contributed by atoms with Crippen LogP contribution in [-0.4, -0.2) is 46.7 Å². The van der Waals surface area contributed by atoms with Crippen LogP contribution in [0.5, 0.6) is 0 Å². The Bertz CT molecular complexity index is 1160. The van der Waals surface area contributed by atoms with E-state index >= 15 is 0 Å². The molecule has 11 heteroatoms. The highest BCUT2D eigenvalue weighted by molar-refractivity contribution is 5.75. The van der Waals surface area contributed by atoms with Gasteiger partial charge in [0.2, 0.25) is 5.91 Å². The summed E-state index contributed by atoms with van der Waals surface area (Å²) in [5.74, 6) is 1.11. The average Bonchev–Trinajstić information content (AvgIpc) is 3.38. The summed E-state index contributed by atoms with van der Waals surface area (Å²) in [5, 5.41) is 2.71. The van der Waals surface area contributed by atoms with Crippen LogP contribution in [0.3, 0.4) is 0 Å². The number of alkyl halides is 3. The SMILES string of the molecule is CNC(=O)CC1CC([C@H](C2CCC2)C2NNCN2C)CC(n2cc3c(C(F)(F)F)cccn3c2=O)C1. The number of carbonyl (C=O) groups is 1. The molecule has 0 spiro atoms. The summed E-state index contributed by atoms with van der Waals surface area (Å²) in [4.78, 5) is 27.9. The van der Waals surface area contributed by atoms with Gasteiger partial charge in [0.15, 0.2) is 0 Å². The maximum atomic E-state index is 13.7. The van der Waals surface area contributed by atoms with Crippen LogP contribution in [0.25, 0.3) is 5.52 Å². The number of hydrogen-bond acceptors (Lipinski definition) is 5. The molecule has 36 heavy (non-hydrogen) atoms. The first kappa shape index (κ1) is 25.3. The molecule has 3 aliphatic rings. The van der Waals surface area contributed by atoms with Crippen molar-refractivity contribution < 1.29 is 18.0 Å². The molecule has 3 N–H and O–H groups in total. The lowest BCUT2D eigenvalue weighted by molar-refractivity contribution is -0.136. The molecule has 2 aromatic heterocycles. The highest BCUT2D eigenvalue weighted by atomic mass is 19.4. The number of rotatable bonds is 6. The molecule has 8 nitrogen and oxygen atoms in total. The average molecular weight is 509 g/mol. The molecule has 198 valence electrons. The van der Waals surface area contributed by atoms with Crippen LogP contribution in [0.1, 0.15) is 56.6 Å². The summed E-state index contributed by atoms with van der Waals surface area (Å²) in [6, 6.07) is 2.01. The van der Waals surface area contributed by atoms with Gasteiger partial charge in [-0.3, -0.25) is 18.7 Å². The maximum Gasteiger partial charge on any atom is 0.418 e. The van der Waals surface area contributed by atoms with Gasteiger partial charge in [0.1, 0.15) is 0 Å². The molecule has 1 amide bonds. The molecule has 5 rings (SSSR count). The van der Waals surface area contributed by atoms with Gasteiger partial charge in [-0.2, -0.15) is 13.2 Å². The van der Waals surface area contributed by atoms with Crippen LogP contribution in [-0.2, 0) is 11.0 Å². The fourth-order valence-electron chi connectivity index (χ4n) is 6.75. The Hall–Kier alpha value is -2.37. The van der Waals surface area contributed by atoms with E-state index in [1.807, 2.05) is 0 Å². The van der Waals surface area contributed by atoms with Gasteiger partial charge in [-0.15, -0.1) is 0 Å². The van der Waals surface area contributed by atoms with Crippen molar-refractivity contribution in [3.8, 4) is 0 Å². The van der Waals surface area contributed by atoms with Gasteiger partial charge in [0.25, 0.3) is 0 Å². The molecule has 4 unspecified atom stereocenters. The number of aromatic nitrogens is 2. The fraction of sp³-hybridized carbons (Fsp3) is 0.680. The Morgan fingerprint density at radius 1 is 1.22 bits per heavy atom. The molecule has 1 aliphatic heterocycles. The summed E-state index contributed by atoms with van der Waals surface area (Å²) in [6.07, 6.45) is 4.38. The predicted octanol–water partition coefficient (Wildman–Crippen LogP) is 2.95. The summed E-state index contributed by atoms with van der Waals surface area (Å²) in [7, 11) is 3.69. The van der Waals surface area contributed by atoms with Gasteiger partial charge < -0.3 is 5.32 Å². The van der Waals surface area contributed by atoms with Gasteiger partial charge in [-0.05, 0) is 62.1 Å². The van der Waals surface area contributed by atoms with Crippen LogP contribution in [0.4, 0.5) is 13.2 Å². The van der Waals surface area contributed by atoms with Gasteiger partial charge in [-0.25, -0.2) is 15.6 Å². The monoisotopic (exact) mass is 508 g/mol. The lowest BCUT2D eigenvalue weighted by Crippen LogP contribution is -2.51. The third-order valence-electron chi connectivity index (χ3n) is 8.65. The molecule has 3 fully saturated rings. The number of hydrazine groups is 1. The second kappa shape index (κ2) is 9.83. The first-order chi connectivity index (χ1) is 17.2. The number of pyridine rings is 1. The molecular weight excluding hydrogens is 473 g/mol. The molecular formula is C25H35F3N6O2. The standard InChI is InChI=1S/C25H35F3N6O2/c1-29-21(35)11-15-9-17(22(16-5-3-6-16)23-31-30-14-32(23)2)12-18(10-15)34-13-20-19(25(26,27)28)7-4-8-33(20)24(34)36/h4,7-8,13,15-18,22-23,30-31H,3,5-6,9-12,14H2,1-2H3,(H,29,35)/t15?,17?,18?,22-,23?/m0/s1. The zero-order valence-electron chi connectivity index (χ0n) is 20.7. The minimum Gasteiger partial charge on any atom is -0.359 e. The molecule has 0 radical (unpaired) electrons. The van der Waals surface area contributed by atoms with Crippen molar-refractivity contribution in [2.75, 3.05) is 20.8 Å². The number of imidazole rings is 1. The third kappa shape index (κ3) is 4.68. The number of nitrogens with zero attached hydrogens (tertiary/aromatic N) is 3. The summed E-state index contributed by atoms with van der Waals surface area (Å²) < 4.78 is 43.6. The Morgan fingerprint density at radius 3 is 2.61 bits per heavy atom. The van der Waals surface area contributed by atoms with E-state index in [1.165, 1.54) is 29.4 Å². The smallest absolute Gasteiger partial charge is 0.359 e.